The van der Waals surface area contributed by atoms with E-state index in [2.05, 4.69) is 25.1 Å². The molecule has 4 aliphatic rings. The highest BCUT2D eigenvalue weighted by atomic mass is 32.2. The summed E-state index contributed by atoms with van der Waals surface area (Å²) in [6.07, 6.45) is -2.10. The first-order valence-electron chi connectivity index (χ1n) is 19.4. The quantitative estimate of drug-likeness (QED) is 0.294. The van der Waals surface area contributed by atoms with Gasteiger partial charge >= 0.3 is 12.3 Å². The number of ether oxygens (including phenoxy) is 3. The van der Waals surface area contributed by atoms with E-state index in [1.54, 1.807) is 31.2 Å². The lowest BCUT2D eigenvalue weighted by atomic mass is 9.88. The number of alkyl halides is 3. The predicted molar refractivity (Wildman–Crippen MR) is 201 cm³/mol. The predicted octanol–water partition coefficient (Wildman–Crippen LogP) is 4.91. The van der Waals surface area contributed by atoms with Crippen molar-refractivity contribution in [1.29, 1.82) is 0 Å². The molecule has 3 heterocycles. The van der Waals surface area contributed by atoms with Gasteiger partial charge in [0.05, 0.1) is 17.9 Å². The SMILES string of the molecule is CC(C)Oc1ccc2c(O[C@@H]3C[C@H]4C(=O)N[C@]5(C(=O)NS(=O)(=O)C6CC6)C[C@H]5/C=C\CC[C@@H](C)C[C@@H](C)[C@H](NC(=O)O[C@H](C)C(F)(F)F)C(=O)N4C3)nccc2c1. The maximum atomic E-state index is 14.7. The Labute approximate surface area is 329 Å². The van der Waals surface area contributed by atoms with Crippen molar-refractivity contribution in [2.45, 2.75) is 127 Å². The van der Waals surface area contributed by atoms with Crippen LogP contribution >= 0.6 is 0 Å². The zero-order valence-corrected chi connectivity index (χ0v) is 33.3. The first kappa shape index (κ1) is 42.0. The van der Waals surface area contributed by atoms with Crippen molar-refractivity contribution < 1.29 is 55.0 Å². The minimum absolute atomic E-state index is 0.0259. The lowest BCUT2D eigenvalue weighted by Crippen LogP contribution is -2.59. The number of amides is 4. The van der Waals surface area contributed by atoms with Gasteiger partial charge < -0.3 is 29.7 Å². The van der Waals surface area contributed by atoms with Crippen molar-refractivity contribution in [3.05, 3.63) is 42.6 Å². The Hall–Kier alpha value is -4.61. The first-order valence-corrected chi connectivity index (χ1v) is 20.9. The van der Waals surface area contributed by atoms with Gasteiger partial charge in [0.1, 0.15) is 29.5 Å². The number of benzene rings is 1. The van der Waals surface area contributed by atoms with E-state index in [-0.39, 0.29) is 37.3 Å². The molecule has 3 fully saturated rings. The molecule has 2 aliphatic heterocycles. The number of hydrogen-bond donors (Lipinski definition) is 3. The third-order valence-electron chi connectivity index (χ3n) is 11.0. The molecule has 0 radical (unpaired) electrons. The van der Waals surface area contributed by atoms with Crippen LogP contribution in [0.3, 0.4) is 0 Å². The Bertz CT molecular complexity index is 2010. The van der Waals surface area contributed by atoms with E-state index in [9.17, 15) is 40.8 Å². The second-order valence-electron chi connectivity index (χ2n) is 16.1. The van der Waals surface area contributed by atoms with E-state index in [1.807, 2.05) is 32.9 Å². The van der Waals surface area contributed by atoms with Crippen LogP contribution in [-0.4, -0.2) is 96.0 Å². The van der Waals surface area contributed by atoms with Crippen LogP contribution in [0.15, 0.2) is 42.6 Å². The van der Waals surface area contributed by atoms with Gasteiger partial charge in [-0.15, -0.1) is 0 Å². The summed E-state index contributed by atoms with van der Waals surface area (Å²) >= 11 is 0. The summed E-state index contributed by atoms with van der Waals surface area (Å²) in [5.41, 5.74) is -1.62. The number of pyridine rings is 1. The molecular formula is C39H50F3N5O9S. The molecule has 1 saturated heterocycles. The van der Waals surface area contributed by atoms with Crippen LogP contribution in [0, 0.1) is 17.8 Å². The van der Waals surface area contributed by atoms with Crippen LogP contribution in [0.5, 0.6) is 11.6 Å². The van der Waals surface area contributed by atoms with Gasteiger partial charge in [0.15, 0.2) is 6.10 Å². The first-order chi connectivity index (χ1) is 26.8. The minimum Gasteiger partial charge on any atom is -0.491 e. The number of nitrogens with one attached hydrogen (secondary N) is 3. The molecule has 2 saturated carbocycles. The molecule has 3 N–H and O–H groups in total. The van der Waals surface area contributed by atoms with Gasteiger partial charge in [-0.1, -0.05) is 26.0 Å². The highest BCUT2D eigenvalue weighted by Crippen LogP contribution is 2.46. The van der Waals surface area contributed by atoms with Crippen molar-refractivity contribution in [2.75, 3.05) is 6.54 Å². The molecule has 2 aromatic rings. The average molecular weight is 822 g/mol. The van der Waals surface area contributed by atoms with E-state index < -0.39 is 86.9 Å². The van der Waals surface area contributed by atoms with Gasteiger partial charge in [0.25, 0.3) is 5.91 Å². The number of nitrogens with zero attached hydrogens (tertiary/aromatic N) is 2. The molecule has 1 aromatic carbocycles. The summed E-state index contributed by atoms with van der Waals surface area (Å²) in [4.78, 5) is 61.4. The number of alkyl carbamates (subject to hydrolysis) is 1. The topological polar surface area (TPSA) is 182 Å². The summed E-state index contributed by atoms with van der Waals surface area (Å²) in [6.45, 7) is 7.90. The van der Waals surface area contributed by atoms with Crippen molar-refractivity contribution in [1.82, 2.24) is 25.2 Å². The fourth-order valence-electron chi connectivity index (χ4n) is 7.61. The molecular weight excluding hydrogens is 772 g/mol. The molecule has 2 aliphatic carbocycles. The molecule has 4 amide bonds. The number of fused-ring (bicyclic) bond motifs is 3. The minimum atomic E-state index is -4.85. The molecule has 57 heavy (non-hydrogen) atoms. The summed E-state index contributed by atoms with van der Waals surface area (Å²) in [7, 11) is -3.97. The number of carbonyl (C=O) groups excluding carboxylic acids is 4. The molecule has 0 bridgehead atoms. The van der Waals surface area contributed by atoms with Crippen LogP contribution in [0.1, 0.15) is 79.6 Å². The number of carbonyl (C=O) groups is 4. The van der Waals surface area contributed by atoms with Crippen LogP contribution in [0.25, 0.3) is 10.8 Å². The summed E-state index contributed by atoms with van der Waals surface area (Å²) < 4.78 is 84.7. The summed E-state index contributed by atoms with van der Waals surface area (Å²) in [5, 5.41) is 5.82. The molecule has 8 atom stereocenters. The monoisotopic (exact) mass is 821 g/mol. The van der Waals surface area contributed by atoms with Gasteiger partial charge in [0, 0.05) is 23.9 Å². The number of rotatable bonds is 9. The molecule has 0 unspecified atom stereocenters. The summed E-state index contributed by atoms with van der Waals surface area (Å²) in [6, 6.07) is 4.42. The van der Waals surface area contributed by atoms with Gasteiger partial charge in [-0.2, -0.15) is 13.2 Å². The molecule has 312 valence electrons. The zero-order valence-electron chi connectivity index (χ0n) is 32.5. The van der Waals surface area contributed by atoms with E-state index in [0.29, 0.717) is 50.2 Å². The Morgan fingerprint density at radius 3 is 2.49 bits per heavy atom. The van der Waals surface area contributed by atoms with Crippen LogP contribution in [0.2, 0.25) is 0 Å². The Kier molecular flexibility index (Phi) is 12.0. The molecule has 14 nitrogen and oxygen atoms in total. The van der Waals surface area contributed by atoms with Crippen LogP contribution in [0.4, 0.5) is 18.0 Å². The average Bonchev–Trinajstić information content (AvgIpc) is 4.05. The standard InChI is InChI=1S/C39H50F3N5O9S/c1-21(2)54-27-10-13-30-25(17-27)14-15-43-34(30)56-28-18-31-33(48)45-38(36(50)46-57(52,53)29-11-12-29)19-26(38)9-7-6-8-22(3)16-23(4)32(35(49)47(31)20-28)44-37(51)55-24(5)39(40,41)42/h7,9-10,13-15,17,21-24,26,28-29,31-32H,6,8,11-12,16,18-20H2,1-5H3,(H,44,51)(H,45,48)(H,46,50)/b9-7-/t22-,23-,24-,26-,28-,31+,32+,38-/m1/s1. The Morgan fingerprint density at radius 1 is 1.07 bits per heavy atom. The van der Waals surface area contributed by atoms with Gasteiger partial charge in [-0.05, 0) is 101 Å². The van der Waals surface area contributed by atoms with Crippen LogP contribution in [-0.2, 0) is 29.1 Å². The van der Waals surface area contributed by atoms with Crippen molar-refractivity contribution >= 4 is 44.6 Å². The van der Waals surface area contributed by atoms with E-state index in [4.69, 9.17) is 9.47 Å². The van der Waals surface area contributed by atoms with Gasteiger partial charge in [-0.25, -0.2) is 18.2 Å². The molecule has 1 aromatic heterocycles. The second kappa shape index (κ2) is 16.3. The third kappa shape index (κ3) is 9.75. The molecule has 0 spiro atoms. The molecule has 6 rings (SSSR count). The highest BCUT2D eigenvalue weighted by Gasteiger charge is 2.62. The fourth-order valence-corrected chi connectivity index (χ4v) is 8.98. The zero-order chi connectivity index (χ0) is 41.4. The number of aromatic nitrogens is 1. The smallest absolute Gasteiger partial charge is 0.425 e. The number of sulfonamides is 1. The van der Waals surface area contributed by atoms with E-state index >= 15 is 0 Å². The summed E-state index contributed by atoms with van der Waals surface area (Å²) in [5.74, 6) is -2.76. The Morgan fingerprint density at radius 2 is 1.81 bits per heavy atom. The normalized spacial score (nSPS) is 29.5. The molecule has 18 heteroatoms. The lowest BCUT2D eigenvalue weighted by Gasteiger charge is -2.33. The van der Waals surface area contributed by atoms with Crippen molar-refractivity contribution in [2.24, 2.45) is 17.8 Å². The number of halogens is 3. The number of hydrogen-bond acceptors (Lipinski definition) is 10. The maximum absolute atomic E-state index is 14.7. The van der Waals surface area contributed by atoms with Gasteiger partial charge in [-0.3, -0.25) is 19.1 Å². The number of allylic oxidation sites excluding steroid dienone is 1. The fraction of sp³-hybridized carbons (Fsp3) is 0.615. The maximum Gasteiger partial charge on any atom is 0.425 e. The van der Waals surface area contributed by atoms with Crippen molar-refractivity contribution in [3.63, 3.8) is 0 Å². The highest BCUT2D eigenvalue weighted by molar-refractivity contribution is 7.91. The van der Waals surface area contributed by atoms with E-state index in [0.717, 1.165) is 5.39 Å². The largest absolute Gasteiger partial charge is 0.491 e. The van der Waals surface area contributed by atoms with Gasteiger partial charge in [0.2, 0.25) is 27.7 Å². The third-order valence-corrected chi connectivity index (χ3v) is 12.8. The van der Waals surface area contributed by atoms with Crippen LogP contribution < -0.4 is 24.8 Å². The lowest BCUT2D eigenvalue weighted by molar-refractivity contribution is -0.197. The van der Waals surface area contributed by atoms with E-state index in [1.165, 1.54) is 11.1 Å². The second-order valence-corrected chi connectivity index (χ2v) is 18.1. The van der Waals surface area contributed by atoms with Crippen molar-refractivity contribution in [3.8, 4) is 11.6 Å². The Balaban J connectivity index is 1.33.